The van der Waals surface area contributed by atoms with Crippen LogP contribution < -0.4 is 0 Å². The Morgan fingerprint density at radius 2 is 1.96 bits per heavy atom. The van der Waals surface area contributed by atoms with Crippen LogP contribution in [0.4, 0.5) is 5.69 Å². The zero-order valence-corrected chi connectivity index (χ0v) is 14.6. The first-order valence-electron chi connectivity index (χ1n) is 8.09. The van der Waals surface area contributed by atoms with E-state index in [-0.39, 0.29) is 17.3 Å². The molecule has 5 nitrogen and oxygen atoms in total. The molecule has 0 aliphatic carbocycles. The lowest BCUT2D eigenvalue weighted by Crippen LogP contribution is -2.14. The van der Waals surface area contributed by atoms with Crippen LogP contribution in [0.15, 0.2) is 65.1 Å². The summed E-state index contributed by atoms with van der Waals surface area (Å²) in [6, 6.07) is 11.4. The third-order valence-corrected chi connectivity index (χ3v) is 3.36. The molecule has 2 rings (SSSR count). The molecule has 0 amide bonds. The highest BCUT2D eigenvalue weighted by atomic mass is 16.5. The van der Waals surface area contributed by atoms with E-state index < -0.39 is 5.97 Å². The standard InChI is InChI=1S/C20H22N2O3/c1-14(2)13-25-20(24)19(15(3)23)12-22-18-6-4-5-17(11-18)16-7-9-21-10-8-16/h4-12,14,23H,13H2,1-3H3. The highest BCUT2D eigenvalue weighted by molar-refractivity contribution is 6.10. The molecule has 0 atom stereocenters. The van der Waals surface area contributed by atoms with Crippen molar-refractivity contribution in [2.45, 2.75) is 20.8 Å². The fourth-order valence-electron chi connectivity index (χ4n) is 2.06. The van der Waals surface area contributed by atoms with E-state index in [4.69, 9.17) is 4.74 Å². The van der Waals surface area contributed by atoms with E-state index in [0.29, 0.717) is 12.3 Å². The van der Waals surface area contributed by atoms with E-state index in [9.17, 15) is 9.90 Å². The normalized spacial score (nSPS) is 12.3. The Balaban J connectivity index is 2.19. The Hall–Kier alpha value is -2.95. The highest BCUT2D eigenvalue weighted by Crippen LogP contribution is 2.23. The van der Waals surface area contributed by atoms with Gasteiger partial charge in [-0.25, -0.2) is 4.79 Å². The topological polar surface area (TPSA) is 71.8 Å². The predicted molar refractivity (Wildman–Crippen MR) is 99.0 cm³/mol. The van der Waals surface area contributed by atoms with Crippen molar-refractivity contribution in [1.29, 1.82) is 0 Å². The number of hydrogen-bond acceptors (Lipinski definition) is 5. The van der Waals surface area contributed by atoms with Gasteiger partial charge < -0.3 is 9.84 Å². The lowest BCUT2D eigenvalue weighted by molar-refractivity contribution is -0.139. The van der Waals surface area contributed by atoms with Gasteiger partial charge in [0.15, 0.2) is 0 Å². The van der Waals surface area contributed by atoms with E-state index in [0.717, 1.165) is 11.1 Å². The summed E-state index contributed by atoms with van der Waals surface area (Å²) in [6.07, 6.45) is 4.79. The van der Waals surface area contributed by atoms with Crippen molar-refractivity contribution in [3.63, 3.8) is 0 Å². The predicted octanol–water partition coefficient (Wildman–Crippen LogP) is 4.48. The van der Waals surface area contributed by atoms with Crippen LogP contribution in [0.3, 0.4) is 0 Å². The molecule has 1 aromatic heterocycles. The second-order valence-corrected chi connectivity index (χ2v) is 6.04. The average molecular weight is 338 g/mol. The van der Waals surface area contributed by atoms with Gasteiger partial charge in [-0.15, -0.1) is 0 Å². The van der Waals surface area contributed by atoms with Gasteiger partial charge in [0.25, 0.3) is 0 Å². The van der Waals surface area contributed by atoms with Gasteiger partial charge in [0.05, 0.1) is 12.3 Å². The number of benzene rings is 1. The number of allylic oxidation sites excluding steroid dienone is 1. The lowest BCUT2D eigenvalue weighted by atomic mass is 10.1. The molecule has 0 radical (unpaired) electrons. The Labute approximate surface area is 147 Å². The molecule has 0 aliphatic heterocycles. The second kappa shape index (κ2) is 8.78. The van der Waals surface area contributed by atoms with Crippen molar-refractivity contribution < 1.29 is 14.6 Å². The number of carbonyl (C=O) groups is 1. The number of pyridine rings is 1. The summed E-state index contributed by atoms with van der Waals surface area (Å²) in [7, 11) is 0. The number of aromatic nitrogens is 1. The van der Waals surface area contributed by atoms with E-state index in [2.05, 4.69) is 9.98 Å². The Morgan fingerprint density at radius 3 is 2.60 bits per heavy atom. The minimum atomic E-state index is -0.581. The number of ether oxygens (including phenoxy) is 1. The Kier molecular flexibility index (Phi) is 6.46. The molecule has 5 heteroatoms. The molecule has 130 valence electrons. The Morgan fingerprint density at radius 1 is 1.24 bits per heavy atom. The van der Waals surface area contributed by atoms with Crippen LogP contribution in [0.5, 0.6) is 0 Å². The summed E-state index contributed by atoms with van der Waals surface area (Å²) in [6.45, 7) is 5.62. The fourth-order valence-corrected chi connectivity index (χ4v) is 2.06. The molecule has 0 spiro atoms. The van der Waals surface area contributed by atoms with Crippen molar-refractivity contribution in [2.75, 3.05) is 6.61 Å². The van der Waals surface area contributed by atoms with E-state index in [1.54, 1.807) is 12.4 Å². The third kappa shape index (κ3) is 5.57. The molecule has 0 bridgehead atoms. The molecule has 0 fully saturated rings. The maximum atomic E-state index is 12.1. The summed E-state index contributed by atoms with van der Waals surface area (Å²) in [4.78, 5) is 20.4. The molecule has 1 heterocycles. The summed E-state index contributed by atoms with van der Waals surface area (Å²) < 4.78 is 5.15. The summed E-state index contributed by atoms with van der Waals surface area (Å²) in [5.41, 5.74) is 2.74. The minimum absolute atomic E-state index is 0.0509. The molecular formula is C20H22N2O3. The van der Waals surface area contributed by atoms with Crippen molar-refractivity contribution in [3.05, 3.63) is 60.1 Å². The monoisotopic (exact) mass is 338 g/mol. The first-order valence-corrected chi connectivity index (χ1v) is 8.09. The van der Waals surface area contributed by atoms with Gasteiger partial charge in [-0.2, -0.15) is 0 Å². The number of hydrogen-bond donors (Lipinski definition) is 1. The molecule has 1 N–H and O–H groups in total. The molecule has 1 aromatic carbocycles. The number of carbonyl (C=O) groups excluding carboxylic acids is 1. The zero-order chi connectivity index (χ0) is 18.2. The molecule has 2 aromatic rings. The molecule has 0 unspecified atom stereocenters. The van der Waals surface area contributed by atoms with E-state index in [1.165, 1.54) is 13.1 Å². The summed E-state index contributed by atoms with van der Waals surface area (Å²) in [5, 5.41) is 9.74. The molecule has 0 saturated carbocycles. The van der Waals surface area contributed by atoms with Gasteiger partial charge in [0.2, 0.25) is 0 Å². The van der Waals surface area contributed by atoms with Crippen LogP contribution in [0.1, 0.15) is 20.8 Å². The summed E-state index contributed by atoms with van der Waals surface area (Å²) >= 11 is 0. The van der Waals surface area contributed by atoms with Crippen LogP contribution in [-0.4, -0.2) is 28.9 Å². The van der Waals surface area contributed by atoms with Crippen LogP contribution in [-0.2, 0) is 9.53 Å². The van der Waals surface area contributed by atoms with Crippen molar-refractivity contribution in [2.24, 2.45) is 10.9 Å². The smallest absolute Gasteiger partial charge is 0.343 e. The van der Waals surface area contributed by atoms with E-state index >= 15 is 0 Å². The third-order valence-electron chi connectivity index (χ3n) is 3.36. The van der Waals surface area contributed by atoms with Crippen molar-refractivity contribution in [3.8, 4) is 11.1 Å². The number of aliphatic hydroxyl groups is 1. The first-order chi connectivity index (χ1) is 12.0. The molecule has 25 heavy (non-hydrogen) atoms. The quantitative estimate of drug-likeness (QED) is 0.365. The number of rotatable bonds is 6. The van der Waals surface area contributed by atoms with E-state index in [1.807, 2.05) is 50.2 Å². The lowest BCUT2D eigenvalue weighted by Gasteiger charge is -2.08. The highest BCUT2D eigenvalue weighted by Gasteiger charge is 2.13. The fraction of sp³-hybridized carbons (Fsp3) is 0.250. The molecular weight excluding hydrogens is 316 g/mol. The van der Waals surface area contributed by atoms with Gasteiger partial charge in [0.1, 0.15) is 11.3 Å². The van der Waals surface area contributed by atoms with Crippen LogP contribution in [0, 0.1) is 5.92 Å². The molecule has 0 saturated heterocycles. The second-order valence-electron chi connectivity index (χ2n) is 6.04. The number of esters is 1. The number of aliphatic hydroxyl groups excluding tert-OH is 1. The van der Waals surface area contributed by atoms with Crippen molar-refractivity contribution >= 4 is 17.9 Å². The largest absolute Gasteiger partial charge is 0.512 e. The van der Waals surface area contributed by atoms with Crippen LogP contribution in [0.2, 0.25) is 0 Å². The van der Waals surface area contributed by atoms with Gasteiger partial charge in [-0.3, -0.25) is 9.98 Å². The van der Waals surface area contributed by atoms with Crippen LogP contribution in [0.25, 0.3) is 11.1 Å². The Bertz CT molecular complexity index is 777. The SMILES string of the molecule is CC(O)=C(C=Nc1cccc(-c2ccncc2)c1)C(=O)OCC(C)C. The average Bonchev–Trinajstić information content (AvgIpc) is 2.61. The zero-order valence-electron chi connectivity index (χ0n) is 14.6. The number of nitrogens with zero attached hydrogens (tertiary/aromatic N) is 2. The van der Waals surface area contributed by atoms with Gasteiger partial charge in [0, 0.05) is 18.6 Å². The van der Waals surface area contributed by atoms with Crippen LogP contribution >= 0.6 is 0 Å². The van der Waals surface area contributed by atoms with Gasteiger partial charge in [-0.1, -0.05) is 26.0 Å². The van der Waals surface area contributed by atoms with Gasteiger partial charge in [-0.05, 0) is 48.2 Å². The van der Waals surface area contributed by atoms with Gasteiger partial charge >= 0.3 is 5.97 Å². The minimum Gasteiger partial charge on any atom is -0.512 e. The van der Waals surface area contributed by atoms with Crippen molar-refractivity contribution in [1.82, 2.24) is 4.98 Å². The maximum absolute atomic E-state index is 12.1. The number of aliphatic imine (C=N–C) groups is 1. The maximum Gasteiger partial charge on any atom is 0.343 e. The molecule has 0 aliphatic rings. The first kappa shape index (κ1) is 18.4. The summed E-state index contributed by atoms with van der Waals surface area (Å²) in [5.74, 6) is -0.483.